The van der Waals surface area contributed by atoms with E-state index < -0.39 is 77.3 Å². The molecule has 0 saturated heterocycles. The molecule has 0 radical (unpaired) electrons. The van der Waals surface area contributed by atoms with E-state index in [0.717, 1.165) is 5.56 Å². The number of nitrogens with zero attached hydrogens (tertiary/aromatic N) is 2. The van der Waals surface area contributed by atoms with Crippen molar-refractivity contribution in [1.82, 2.24) is 9.38 Å². The van der Waals surface area contributed by atoms with E-state index in [4.69, 9.17) is 23.9 Å². The molecule has 9 atom stereocenters. The van der Waals surface area contributed by atoms with Gasteiger partial charge in [0.15, 0.2) is 5.75 Å². The van der Waals surface area contributed by atoms with Gasteiger partial charge >= 0.3 is 11.8 Å². The summed E-state index contributed by atoms with van der Waals surface area (Å²) in [6, 6.07) is 3.64. The first-order chi connectivity index (χ1) is 26.8. The highest BCUT2D eigenvalue weighted by molar-refractivity contribution is 6.28. The van der Waals surface area contributed by atoms with Gasteiger partial charge in [-0.15, -0.1) is 0 Å². The second kappa shape index (κ2) is 15.5. The number of aromatic hydroxyl groups is 2. The van der Waals surface area contributed by atoms with Crippen molar-refractivity contribution in [2.75, 3.05) is 12.4 Å². The molecule has 1 unspecified atom stereocenters. The topological polar surface area (TPSA) is 198 Å². The van der Waals surface area contributed by atoms with E-state index in [1.165, 1.54) is 40.2 Å². The number of carbonyl (C=O) groups excluding carboxylic acids is 3. The number of benzene rings is 2. The van der Waals surface area contributed by atoms with Crippen molar-refractivity contribution < 1.29 is 53.8 Å². The molecule has 5 N–H and O–H groups in total. The zero-order chi connectivity index (χ0) is 41.8. The molecule has 14 heteroatoms. The fourth-order valence-electron chi connectivity index (χ4n) is 8.03. The lowest BCUT2D eigenvalue weighted by molar-refractivity contribution is -0.160. The molecule has 2 aliphatic rings. The molecule has 2 aliphatic heterocycles. The summed E-state index contributed by atoms with van der Waals surface area (Å²) in [5, 5.41) is 49.4. The number of hydrogen-bond donors (Lipinski definition) is 5. The number of methoxy groups -OCH3 is 1. The van der Waals surface area contributed by atoms with Gasteiger partial charge in [-0.1, -0.05) is 45.9 Å². The van der Waals surface area contributed by atoms with Gasteiger partial charge in [-0.3, -0.25) is 18.8 Å². The Labute approximate surface area is 330 Å². The maximum Gasteiger partial charge on any atom is 0.312 e. The van der Waals surface area contributed by atoms with Gasteiger partial charge in [0, 0.05) is 67.3 Å². The molecule has 2 aromatic carbocycles. The van der Waals surface area contributed by atoms with Crippen molar-refractivity contribution in [2.45, 2.75) is 92.5 Å². The van der Waals surface area contributed by atoms with Gasteiger partial charge in [-0.05, 0) is 44.5 Å². The number of rotatable bonds is 2. The summed E-state index contributed by atoms with van der Waals surface area (Å²) in [7, 11) is 1.46. The first-order valence-electron chi connectivity index (χ1n) is 19.0. The van der Waals surface area contributed by atoms with Crippen LogP contribution in [0.1, 0.15) is 70.0 Å². The minimum absolute atomic E-state index is 0.0185. The summed E-state index contributed by atoms with van der Waals surface area (Å²) in [6.07, 6.45) is 5.62. The van der Waals surface area contributed by atoms with E-state index in [9.17, 15) is 34.8 Å². The number of anilines is 1. The zero-order valence-electron chi connectivity index (χ0n) is 33.8. The summed E-state index contributed by atoms with van der Waals surface area (Å²) < 4.78 is 25.5. The van der Waals surface area contributed by atoms with Crippen LogP contribution >= 0.6 is 0 Å². The number of amides is 1. The average molecular weight is 786 g/mol. The predicted octanol–water partition coefficient (Wildman–Crippen LogP) is 6.16. The standard InChI is InChI=1S/C43H51N3O11/c1-19-14-16-46-28(18-19)44-32-29-30-37(50)25(7)40-31(29)41(52)43(9,57-40)55-17-15-27(54-10)22(4)39(56-26(8)47)24(6)36(49)23(5)35(48)20(2)12-11-13-21(3)42(53)45-33(34(32)46)38(30)51/h11-18,20,22-24,27,35-36,39,48-51H,1-10H3,(H,45,53)/b12-11+,17-15+,21-13-/t20-,22+,23+,24?,27-,35-,36+,39+,43-/m0/s1. The lowest BCUT2D eigenvalue weighted by atomic mass is 9.78. The van der Waals surface area contributed by atoms with Gasteiger partial charge in [0.1, 0.15) is 40.0 Å². The van der Waals surface area contributed by atoms with Crippen LogP contribution in [0.4, 0.5) is 5.69 Å². The number of imidazole rings is 1. The summed E-state index contributed by atoms with van der Waals surface area (Å²) in [4.78, 5) is 45.6. The maximum absolute atomic E-state index is 14.6. The number of esters is 1. The maximum atomic E-state index is 14.6. The van der Waals surface area contributed by atoms with Crippen molar-refractivity contribution >= 4 is 50.8 Å². The van der Waals surface area contributed by atoms with Crippen molar-refractivity contribution in [3.05, 3.63) is 71.2 Å². The van der Waals surface area contributed by atoms with Crippen LogP contribution in [0.15, 0.2) is 54.5 Å². The van der Waals surface area contributed by atoms with E-state index in [1.54, 1.807) is 63.4 Å². The number of pyridine rings is 1. The zero-order valence-corrected chi connectivity index (χ0v) is 33.8. The number of fused-ring (bicyclic) bond motifs is 2. The monoisotopic (exact) mass is 785 g/mol. The van der Waals surface area contributed by atoms with Crippen LogP contribution in [0.2, 0.25) is 0 Å². The number of allylic oxidation sites excluding steroid dienone is 2. The molecule has 57 heavy (non-hydrogen) atoms. The Bertz CT molecular complexity index is 2380. The van der Waals surface area contributed by atoms with Gasteiger partial charge in [0.25, 0.3) is 11.7 Å². The number of hydrogen-bond acceptors (Lipinski definition) is 12. The summed E-state index contributed by atoms with van der Waals surface area (Å²) >= 11 is 0. The number of phenolic OH excluding ortho intramolecular Hbond substituents is 2. The first-order valence-corrected chi connectivity index (χ1v) is 19.0. The average Bonchev–Trinajstić information content (AvgIpc) is 3.67. The van der Waals surface area contributed by atoms with Crippen LogP contribution in [-0.2, 0) is 23.8 Å². The first kappa shape index (κ1) is 41.2. The summed E-state index contributed by atoms with van der Waals surface area (Å²) in [5.41, 5.74) is 2.18. The number of aliphatic hydroxyl groups is 2. The number of ketones is 1. The second-order valence-corrected chi connectivity index (χ2v) is 15.6. The highest BCUT2D eigenvalue weighted by Gasteiger charge is 2.50. The lowest BCUT2D eigenvalue weighted by Crippen LogP contribution is -2.46. The predicted molar refractivity (Wildman–Crippen MR) is 213 cm³/mol. The number of aliphatic hydroxyl groups excluding tert-OH is 2. The Kier molecular flexibility index (Phi) is 11.2. The van der Waals surface area contributed by atoms with E-state index >= 15 is 0 Å². The molecule has 0 saturated carbocycles. The SMILES string of the molecule is CO[C@H]1/C=C/O[C@@]2(C)Oc3c(C)c(O)c4c(O)c(c5c(nc6cc(C)ccn65)c4c3C2=O)NC(=O)/C(C)=C\C=C\[C@H](C)[C@H](O)[C@@H](C)[C@@H](O)C(C)[C@H](OC(C)=O)[C@@H]1C. The Morgan fingerprint density at radius 3 is 2.35 bits per heavy atom. The summed E-state index contributed by atoms with van der Waals surface area (Å²) in [5.74, 6) is -6.96. The quantitative estimate of drug-likeness (QED) is 0.115. The third kappa shape index (κ3) is 7.10. The van der Waals surface area contributed by atoms with Crippen molar-refractivity contribution in [3.63, 3.8) is 0 Å². The molecule has 304 valence electrons. The molecule has 0 spiro atoms. The molecule has 4 heterocycles. The van der Waals surface area contributed by atoms with Gasteiger partial charge in [0.05, 0.1) is 35.5 Å². The minimum Gasteiger partial charge on any atom is -0.507 e. The largest absolute Gasteiger partial charge is 0.507 e. The Morgan fingerprint density at radius 2 is 1.68 bits per heavy atom. The molecule has 4 aromatic rings. The molecule has 2 aromatic heterocycles. The molecular weight excluding hydrogens is 734 g/mol. The van der Waals surface area contributed by atoms with Gasteiger partial charge in [-0.25, -0.2) is 4.98 Å². The normalized spacial score (nSPS) is 30.8. The molecule has 6 rings (SSSR count). The van der Waals surface area contributed by atoms with Gasteiger partial charge in [-0.2, -0.15) is 0 Å². The number of carbonyl (C=O) groups is 3. The number of aryl methyl sites for hydroxylation is 1. The molecule has 4 bridgehead atoms. The second-order valence-electron chi connectivity index (χ2n) is 15.6. The number of nitrogens with one attached hydrogen (secondary N) is 1. The van der Waals surface area contributed by atoms with Crippen LogP contribution in [0.25, 0.3) is 27.5 Å². The third-order valence-electron chi connectivity index (χ3n) is 11.5. The van der Waals surface area contributed by atoms with E-state index in [2.05, 4.69) is 5.32 Å². The van der Waals surface area contributed by atoms with Crippen LogP contribution in [0, 0.1) is 37.5 Å². The molecule has 1 amide bonds. The molecule has 0 fully saturated rings. The summed E-state index contributed by atoms with van der Waals surface area (Å²) in [6.45, 7) is 14.7. The number of phenols is 2. The van der Waals surface area contributed by atoms with Crippen molar-refractivity contribution in [2.24, 2.45) is 23.7 Å². The number of aromatic nitrogens is 2. The minimum atomic E-state index is -1.96. The van der Waals surface area contributed by atoms with Crippen molar-refractivity contribution in [3.8, 4) is 17.2 Å². The van der Waals surface area contributed by atoms with E-state index in [-0.39, 0.29) is 55.7 Å². The van der Waals surface area contributed by atoms with Crippen LogP contribution < -0.4 is 10.1 Å². The lowest BCUT2D eigenvalue weighted by Gasteiger charge is -2.38. The Balaban J connectivity index is 1.58. The van der Waals surface area contributed by atoms with Crippen LogP contribution in [0.5, 0.6) is 17.2 Å². The van der Waals surface area contributed by atoms with Gasteiger partial charge in [0.2, 0.25) is 0 Å². The number of ether oxygens (including phenoxy) is 4. The number of Topliss-reactive ketones (excluding diaryl/α,β-unsaturated/α-hetero) is 1. The molecule has 14 nitrogen and oxygen atoms in total. The Hall–Kier alpha value is -5.44. The van der Waals surface area contributed by atoms with Crippen LogP contribution in [-0.4, -0.2) is 84.8 Å². The van der Waals surface area contributed by atoms with Crippen LogP contribution in [0.3, 0.4) is 0 Å². The van der Waals surface area contributed by atoms with Crippen molar-refractivity contribution in [1.29, 1.82) is 0 Å². The molecular formula is C43H51N3O11. The molecule has 0 aliphatic carbocycles. The fraction of sp³-hybridized carbons (Fsp3) is 0.442. The van der Waals surface area contributed by atoms with Gasteiger partial charge < -0.3 is 44.7 Å². The smallest absolute Gasteiger partial charge is 0.312 e. The van der Waals surface area contributed by atoms with E-state index in [1.807, 2.05) is 19.1 Å². The highest BCUT2D eigenvalue weighted by atomic mass is 16.7. The highest BCUT2D eigenvalue weighted by Crippen LogP contribution is 2.54. The fourth-order valence-corrected chi connectivity index (χ4v) is 8.03. The van der Waals surface area contributed by atoms with E-state index in [0.29, 0.717) is 5.65 Å². The Morgan fingerprint density at radius 1 is 0.982 bits per heavy atom. The third-order valence-corrected chi connectivity index (χ3v) is 11.5.